The Morgan fingerprint density at radius 3 is 2.76 bits per heavy atom. The number of hydrogen-bond donors (Lipinski definition) is 2. The largest absolute Gasteiger partial charge is 0.491 e. The van der Waals surface area contributed by atoms with Gasteiger partial charge in [0, 0.05) is 56.8 Å². The van der Waals surface area contributed by atoms with Crippen LogP contribution in [0.3, 0.4) is 0 Å². The zero-order valence-corrected chi connectivity index (χ0v) is 22.4. The fraction of sp³-hybridized carbons (Fsp3) is 0.643. The molecule has 2 aromatic rings. The Morgan fingerprint density at radius 2 is 2.03 bits per heavy atom. The summed E-state index contributed by atoms with van der Waals surface area (Å²) in [7, 11) is 3.51. The number of benzene rings is 1. The molecule has 0 radical (unpaired) electrons. The lowest BCUT2D eigenvalue weighted by atomic mass is 9.99. The van der Waals surface area contributed by atoms with Crippen molar-refractivity contribution in [3.63, 3.8) is 0 Å². The lowest BCUT2D eigenvalue weighted by molar-refractivity contribution is 0.00603. The van der Waals surface area contributed by atoms with Gasteiger partial charge in [-0.25, -0.2) is 9.97 Å². The maximum atomic E-state index is 10.0. The first-order valence-corrected chi connectivity index (χ1v) is 13.4. The summed E-state index contributed by atoms with van der Waals surface area (Å²) in [5.74, 6) is 2.88. The van der Waals surface area contributed by atoms with Gasteiger partial charge in [0.25, 0.3) is 0 Å². The fourth-order valence-corrected chi connectivity index (χ4v) is 4.95. The number of aliphatic hydroxyl groups is 1. The van der Waals surface area contributed by atoms with Crippen LogP contribution in [0.2, 0.25) is 0 Å². The number of anilines is 1. The van der Waals surface area contributed by atoms with E-state index in [9.17, 15) is 5.11 Å². The maximum Gasteiger partial charge on any atom is 0.161 e. The zero-order chi connectivity index (χ0) is 26.0. The first-order chi connectivity index (χ1) is 18.1. The van der Waals surface area contributed by atoms with Crippen LogP contribution in [0, 0.1) is 12.8 Å². The van der Waals surface area contributed by atoms with Crippen molar-refractivity contribution in [3.05, 3.63) is 35.5 Å². The monoisotopic (exact) mass is 514 g/mol. The summed E-state index contributed by atoms with van der Waals surface area (Å²) < 4.78 is 22.6. The number of likely N-dealkylation sites (N-methyl/N-ethyl adjacent to an activating group) is 1. The number of ether oxygens (including phenoxy) is 4. The lowest BCUT2D eigenvalue weighted by Crippen LogP contribution is -2.38. The number of methoxy groups -OCH3 is 1. The average molecular weight is 515 g/mol. The average Bonchev–Trinajstić information content (AvgIpc) is 3.43. The first-order valence-electron chi connectivity index (χ1n) is 13.4. The molecular weight excluding hydrogens is 472 g/mol. The predicted octanol–water partition coefficient (Wildman–Crippen LogP) is 2.62. The van der Waals surface area contributed by atoms with Gasteiger partial charge in [-0.2, -0.15) is 0 Å². The van der Waals surface area contributed by atoms with Crippen LogP contribution in [0.1, 0.15) is 30.5 Å². The SMILES string of the molecule is CNCC(O)COc1cccc(-c2nc(C[C@@H]3CCOC3)c(C)c(N3CCC(OCCOC)CC3)n2)c1. The minimum Gasteiger partial charge on any atom is -0.491 e. The highest BCUT2D eigenvalue weighted by Gasteiger charge is 2.26. The standard InChI is InChI=1S/C28H42N4O5/c1-20-26(15-21-9-12-35-18-21)30-27(22-5-4-6-25(16-22)37-19-23(33)17-29-2)31-28(20)32-10-7-24(8-11-32)36-14-13-34-3/h4-6,16,21,23-24,29,33H,7-15,17-19H2,1-3H3/t21-,23?/m0/s1. The Labute approximate surface area is 220 Å². The number of aliphatic hydroxyl groups excluding tert-OH is 1. The van der Waals surface area contributed by atoms with Crippen LogP contribution in [0.25, 0.3) is 11.4 Å². The van der Waals surface area contributed by atoms with Crippen LogP contribution in [-0.4, -0.2) is 94.1 Å². The zero-order valence-electron chi connectivity index (χ0n) is 22.4. The van der Waals surface area contributed by atoms with Crippen molar-refractivity contribution in [1.82, 2.24) is 15.3 Å². The summed E-state index contributed by atoms with van der Waals surface area (Å²) in [5, 5.41) is 13.0. The van der Waals surface area contributed by atoms with Crippen molar-refractivity contribution >= 4 is 5.82 Å². The Kier molecular flexibility index (Phi) is 10.5. The second kappa shape index (κ2) is 14.0. The molecule has 0 saturated carbocycles. The summed E-state index contributed by atoms with van der Waals surface area (Å²) in [4.78, 5) is 12.5. The third-order valence-electron chi connectivity index (χ3n) is 7.08. The number of aromatic nitrogens is 2. The normalized spacial score (nSPS) is 19.4. The molecule has 4 rings (SSSR count). The van der Waals surface area contributed by atoms with E-state index < -0.39 is 6.10 Å². The molecule has 0 bridgehead atoms. The van der Waals surface area contributed by atoms with Gasteiger partial charge in [-0.05, 0) is 57.7 Å². The quantitative estimate of drug-likeness (QED) is 0.391. The molecule has 3 heterocycles. The van der Waals surface area contributed by atoms with Gasteiger partial charge in [-0.1, -0.05) is 12.1 Å². The molecule has 1 unspecified atom stereocenters. The van der Waals surface area contributed by atoms with Crippen molar-refractivity contribution in [2.45, 2.75) is 44.8 Å². The van der Waals surface area contributed by atoms with E-state index in [1.54, 1.807) is 7.11 Å². The number of nitrogens with one attached hydrogen (secondary N) is 1. The molecule has 9 nitrogen and oxygen atoms in total. The Bertz CT molecular complexity index is 977. The Morgan fingerprint density at radius 1 is 1.19 bits per heavy atom. The van der Waals surface area contributed by atoms with E-state index in [0.717, 1.165) is 74.6 Å². The molecule has 0 spiro atoms. The van der Waals surface area contributed by atoms with Crippen LogP contribution < -0.4 is 15.0 Å². The van der Waals surface area contributed by atoms with Crippen molar-refractivity contribution in [3.8, 4) is 17.1 Å². The molecule has 1 aromatic carbocycles. The number of piperidine rings is 1. The predicted molar refractivity (Wildman–Crippen MR) is 143 cm³/mol. The molecule has 2 atom stereocenters. The fourth-order valence-electron chi connectivity index (χ4n) is 4.95. The van der Waals surface area contributed by atoms with Crippen molar-refractivity contribution in [1.29, 1.82) is 0 Å². The van der Waals surface area contributed by atoms with Gasteiger partial charge in [0.2, 0.25) is 0 Å². The number of hydrogen-bond acceptors (Lipinski definition) is 9. The molecule has 0 amide bonds. The van der Waals surface area contributed by atoms with E-state index in [4.69, 9.17) is 28.9 Å². The molecule has 2 N–H and O–H groups in total. The van der Waals surface area contributed by atoms with E-state index in [1.165, 1.54) is 0 Å². The molecule has 0 aliphatic carbocycles. The third kappa shape index (κ3) is 7.85. The highest BCUT2D eigenvalue weighted by molar-refractivity contribution is 5.62. The van der Waals surface area contributed by atoms with E-state index in [2.05, 4.69) is 17.1 Å². The van der Waals surface area contributed by atoms with Gasteiger partial charge in [-0.15, -0.1) is 0 Å². The topological polar surface area (TPSA) is 98.2 Å². The molecule has 2 aliphatic rings. The molecular formula is C28H42N4O5. The minimum absolute atomic E-state index is 0.221. The summed E-state index contributed by atoms with van der Waals surface area (Å²) in [6.45, 7) is 7.51. The highest BCUT2D eigenvalue weighted by Crippen LogP contribution is 2.31. The second-order valence-corrected chi connectivity index (χ2v) is 9.98. The van der Waals surface area contributed by atoms with Gasteiger partial charge >= 0.3 is 0 Å². The first kappa shape index (κ1) is 27.7. The molecule has 204 valence electrons. The number of nitrogens with zero attached hydrogens (tertiary/aromatic N) is 3. The van der Waals surface area contributed by atoms with E-state index in [1.807, 2.05) is 31.3 Å². The van der Waals surface area contributed by atoms with Gasteiger partial charge < -0.3 is 34.3 Å². The molecule has 2 saturated heterocycles. The molecule has 2 aliphatic heterocycles. The Balaban J connectivity index is 1.55. The summed E-state index contributed by atoms with van der Waals surface area (Å²) >= 11 is 0. The van der Waals surface area contributed by atoms with Crippen LogP contribution in [0.15, 0.2) is 24.3 Å². The summed E-state index contributed by atoms with van der Waals surface area (Å²) in [6.07, 6.45) is 3.57. The molecule has 37 heavy (non-hydrogen) atoms. The summed E-state index contributed by atoms with van der Waals surface area (Å²) in [6, 6.07) is 7.82. The second-order valence-electron chi connectivity index (χ2n) is 9.98. The third-order valence-corrected chi connectivity index (χ3v) is 7.08. The van der Waals surface area contributed by atoms with Crippen LogP contribution in [0.5, 0.6) is 5.75 Å². The van der Waals surface area contributed by atoms with E-state index in [-0.39, 0.29) is 12.7 Å². The van der Waals surface area contributed by atoms with Gasteiger partial charge in [0.05, 0.1) is 19.3 Å². The van der Waals surface area contributed by atoms with Crippen molar-refractivity contribution in [2.75, 3.05) is 71.7 Å². The summed E-state index contributed by atoms with van der Waals surface area (Å²) in [5.41, 5.74) is 3.14. The van der Waals surface area contributed by atoms with Gasteiger partial charge in [-0.3, -0.25) is 0 Å². The van der Waals surface area contributed by atoms with Crippen LogP contribution >= 0.6 is 0 Å². The van der Waals surface area contributed by atoms with Crippen molar-refractivity contribution < 1.29 is 24.1 Å². The number of rotatable bonds is 13. The molecule has 2 fully saturated rings. The van der Waals surface area contributed by atoms with E-state index >= 15 is 0 Å². The van der Waals surface area contributed by atoms with Gasteiger partial charge in [0.15, 0.2) is 5.82 Å². The smallest absolute Gasteiger partial charge is 0.161 e. The van der Waals surface area contributed by atoms with Crippen molar-refractivity contribution in [2.24, 2.45) is 5.92 Å². The van der Waals surface area contributed by atoms with Crippen LogP contribution in [0.4, 0.5) is 5.82 Å². The highest BCUT2D eigenvalue weighted by atomic mass is 16.5. The van der Waals surface area contributed by atoms with Crippen LogP contribution in [-0.2, 0) is 20.6 Å². The molecule has 9 heteroatoms. The van der Waals surface area contributed by atoms with E-state index in [0.29, 0.717) is 37.3 Å². The molecule has 1 aromatic heterocycles. The maximum absolute atomic E-state index is 10.0. The minimum atomic E-state index is -0.572. The van der Waals surface area contributed by atoms with Gasteiger partial charge in [0.1, 0.15) is 24.3 Å². The Hall–Kier alpha value is -2.30. The lowest BCUT2D eigenvalue weighted by Gasteiger charge is -2.34.